The van der Waals surface area contributed by atoms with Crippen molar-refractivity contribution < 1.29 is 0 Å². The highest BCUT2D eigenvalue weighted by atomic mass is 15.3. The van der Waals surface area contributed by atoms with Crippen molar-refractivity contribution in [3.63, 3.8) is 0 Å². The number of anilines is 2. The van der Waals surface area contributed by atoms with Crippen LogP contribution in [-0.4, -0.2) is 40.4 Å². The maximum absolute atomic E-state index is 6.21. The number of hydrogen-bond acceptors (Lipinski definition) is 4. The molecule has 0 radical (unpaired) electrons. The van der Waals surface area contributed by atoms with E-state index in [9.17, 15) is 0 Å². The molecule has 2 unspecified atom stereocenters. The molecular weight excluding hydrogens is 238 g/mol. The lowest BCUT2D eigenvalue weighted by Gasteiger charge is -2.35. The van der Waals surface area contributed by atoms with Crippen LogP contribution in [0.2, 0.25) is 0 Å². The van der Waals surface area contributed by atoms with Crippen molar-refractivity contribution in [2.75, 3.05) is 24.6 Å². The fraction of sp³-hybridized carbons (Fsp3) is 0.786. The average Bonchev–Trinajstić information content (AvgIpc) is 2.62. The highest BCUT2D eigenvalue weighted by Crippen LogP contribution is 2.26. The zero-order valence-corrected chi connectivity index (χ0v) is 12.6. The molecule has 0 spiro atoms. The minimum atomic E-state index is 0.498. The highest BCUT2D eigenvalue weighted by molar-refractivity contribution is 5.65. The van der Waals surface area contributed by atoms with Gasteiger partial charge in [0.05, 0.1) is 11.4 Å². The standard InChI is InChI=1S/C14H27N5/c1-5-6-12-13(15)14(19(4)17-12)16-11-7-8-18(3)10(2)9-11/h10-11,16H,5-9,15H2,1-4H3. The maximum Gasteiger partial charge on any atom is 0.147 e. The number of nitrogen functional groups attached to an aromatic ring is 1. The van der Waals surface area contributed by atoms with Crippen molar-refractivity contribution in [3.8, 4) is 0 Å². The summed E-state index contributed by atoms with van der Waals surface area (Å²) < 4.78 is 1.89. The first-order valence-corrected chi connectivity index (χ1v) is 7.31. The first kappa shape index (κ1) is 14.2. The molecule has 1 aromatic rings. The van der Waals surface area contributed by atoms with Crippen molar-refractivity contribution >= 4 is 11.5 Å². The Kier molecular flexibility index (Phi) is 4.34. The van der Waals surface area contributed by atoms with Crippen LogP contribution in [0.15, 0.2) is 0 Å². The van der Waals surface area contributed by atoms with Gasteiger partial charge < -0.3 is 16.0 Å². The van der Waals surface area contributed by atoms with E-state index in [0.717, 1.165) is 49.4 Å². The van der Waals surface area contributed by atoms with E-state index in [-0.39, 0.29) is 0 Å². The van der Waals surface area contributed by atoms with Crippen molar-refractivity contribution in [2.45, 2.75) is 51.6 Å². The summed E-state index contributed by atoms with van der Waals surface area (Å²) in [4.78, 5) is 2.41. The fourth-order valence-corrected chi connectivity index (χ4v) is 2.80. The molecule has 108 valence electrons. The molecule has 2 rings (SSSR count). The topological polar surface area (TPSA) is 59.1 Å². The Labute approximate surface area is 116 Å². The molecule has 3 N–H and O–H groups in total. The molecule has 2 atom stereocenters. The number of rotatable bonds is 4. The predicted octanol–water partition coefficient (Wildman–Crippen LogP) is 1.85. The quantitative estimate of drug-likeness (QED) is 0.872. The first-order chi connectivity index (χ1) is 9.02. The molecule has 0 bridgehead atoms. The van der Waals surface area contributed by atoms with Crippen LogP contribution < -0.4 is 11.1 Å². The van der Waals surface area contributed by atoms with Crippen LogP contribution in [0, 0.1) is 0 Å². The van der Waals surface area contributed by atoms with Crippen molar-refractivity contribution in [1.82, 2.24) is 14.7 Å². The van der Waals surface area contributed by atoms with Gasteiger partial charge in [-0.3, -0.25) is 4.68 Å². The molecule has 0 saturated carbocycles. The molecule has 19 heavy (non-hydrogen) atoms. The molecule has 5 nitrogen and oxygen atoms in total. The second kappa shape index (κ2) is 5.82. The third-order valence-electron chi connectivity index (χ3n) is 4.20. The zero-order valence-electron chi connectivity index (χ0n) is 12.6. The van der Waals surface area contributed by atoms with Gasteiger partial charge in [-0.05, 0) is 33.2 Å². The third kappa shape index (κ3) is 3.03. The SMILES string of the molecule is CCCc1nn(C)c(NC2CCN(C)C(C)C2)c1N. The summed E-state index contributed by atoms with van der Waals surface area (Å²) in [6.07, 6.45) is 4.34. The molecular formula is C14H27N5. The number of nitrogens with zero attached hydrogens (tertiary/aromatic N) is 3. The fourth-order valence-electron chi connectivity index (χ4n) is 2.80. The van der Waals surface area contributed by atoms with Gasteiger partial charge in [-0.25, -0.2) is 0 Å². The Balaban J connectivity index is 2.07. The number of aryl methyl sites for hydroxylation is 2. The summed E-state index contributed by atoms with van der Waals surface area (Å²) in [6.45, 7) is 5.57. The van der Waals surface area contributed by atoms with E-state index < -0.39 is 0 Å². The Morgan fingerprint density at radius 3 is 2.79 bits per heavy atom. The van der Waals surface area contributed by atoms with Crippen LogP contribution >= 0.6 is 0 Å². The van der Waals surface area contributed by atoms with Crippen LogP contribution in [0.1, 0.15) is 38.8 Å². The predicted molar refractivity (Wildman–Crippen MR) is 80.4 cm³/mol. The number of piperidine rings is 1. The zero-order chi connectivity index (χ0) is 14.0. The molecule has 1 aliphatic heterocycles. The summed E-state index contributed by atoms with van der Waals surface area (Å²) in [7, 11) is 4.16. The normalized spacial score (nSPS) is 24.6. The molecule has 1 aliphatic rings. The Hall–Kier alpha value is -1.23. The smallest absolute Gasteiger partial charge is 0.147 e. The lowest BCUT2D eigenvalue weighted by molar-refractivity contribution is 0.190. The summed E-state index contributed by atoms with van der Waals surface area (Å²) in [5.41, 5.74) is 8.06. The average molecular weight is 265 g/mol. The van der Waals surface area contributed by atoms with Gasteiger partial charge in [0.25, 0.3) is 0 Å². The lowest BCUT2D eigenvalue weighted by Crippen LogP contribution is -2.42. The van der Waals surface area contributed by atoms with E-state index in [1.54, 1.807) is 0 Å². The van der Waals surface area contributed by atoms with Gasteiger partial charge in [-0.1, -0.05) is 13.3 Å². The Morgan fingerprint density at radius 1 is 1.42 bits per heavy atom. The van der Waals surface area contributed by atoms with Gasteiger partial charge in [0.15, 0.2) is 0 Å². The number of aromatic nitrogens is 2. The van der Waals surface area contributed by atoms with Gasteiger partial charge in [0, 0.05) is 25.7 Å². The van der Waals surface area contributed by atoms with Gasteiger partial charge in [0.1, 0.15) is 5.82 Å². The highest BCUT2D eigenvalue weighted by Gasteiger charge is 2.24. The molecule has 2 heterocycles. The van der Waals surface area contributed by atoms with E-state index >= 15 is 0 Å². The first-order valence-electron chi connectivity index (χ1n) is 7.31. The summed E-state index contributed by atoms with van der Waals surface area (Å²) in [5, 5.41) is 8.11. The van der Waals surface area contributed by atoms with E-state index in [1.165, 1.54) is 0 Å². The van der Waals surface area contributed by atoms with E-state index in [1.807, 2.05) is 11.7 Å². The Bertz CT molecular complexity index is 426. The minimum absolute atomic E-state index is 0.498. The van der Waals surface area contributed by atoms with Crippen molar-refractivity contribution in [1.29, 1.82) is 0 Å². The Morgan fingerprint density at radius 2 is 2.16 bits per heavy atom. The van der Waals surface area contributed by atoms with E-state index in [0.29, 0.717) is 12.1 Å². The van der Waals surface area contributed by atoms with Crippen LogP contribution in [0.4, 0.5) is 11.5 Å². The van der Waals surface area contributed by atoms with Gasteiger partial charge in [-0.15, -0.1) is 0 Å². The van der Waals surface area contributed by atoms with Gasteiger partial charge in [-0.2, -0.15) is 5.10 Å². The number of likely N-dealkylation sites (tertiary alicyclic amines) is 1. The molecule has 5 heteroatoms. The molecule has 0 aromatic carbocycles. The summed E-state index contributed by atoms with van der Waals surface area (Å²) in [5.74, 6) is 0.991. The second-order valence-electron chi connectivity index (χ2n) is 5.78. The lowest BCUT2D eigenvalue weighted by atomic mass is 9.99. The van der Waals surface area contributed by atoms with Crippen molar-refractivity contribution in [3.05, 3.63) is 5.69 Å². The van der Waals surface area contributed by atoms with Crippen LogP contribution in [0.3, 0.4) is 0 Å². The van der Waals surface area contributed by atoms with Gasteiger partial charge in [0.2, 0.25) is 0 Å². The maximum atomic E-state index is 6.21. The van der Waals surface area contributed by atoms with E-state index in [2.05, 4.69) is 36.2 Å². The van der Waals surface area contributed by atoms with Crippen molar-refractivity contribution in [2.24, 2.45) is 7.05 Å². The van der Waals surface area contributed by atoms with E-state index in [4.69, 9.17) is 5.73 Å². The third-order valence-corrected chi connectivity index (χ3v) is 4.20. The largest absolute Gasteiger partial charge is 0.394 e. The number of hydrogen-bond donors (Lipinski definition) is 2. The van der Waals surface area contributed by atoms with Crippen LogP contribution in [-0.2, 0) is 13.5 Å². The van der Waals surface area contributed by atoms with Crippen LogP contribution in [0.5, 0.6) is 0 Å². The molecule has 0 aliphatic carbocycles. The molecule has 1 aromatic heterocycles. The molecule has 1 saturated heterocycles. The summed E-state index contributed by atoms with van der Waals surface area (Å²) >= 11 is 0. The monoisotopic (exact) mass is 265 g/mol. The molecule has 1 fully saturated rings. The summed E-state index contributed by atoms with van der Waals surface area (Å²) in [6, 6.07) is 1.12. The number of nitrogens with two attached hydrogens (primary N) is 1. The number of nitrogens with one attached hydrogen (secondary N) is 1. The van der Waals surface area contributed by atoms with Gasteiger partial charge >= 0.3 is 0 Å². The molecule has 0 amide bonds. The minimum Gasteiger partial charge on any atom is -0.394 e. The van der Waals surface area contributed by atoms with Crippen LogP contribution in [0.25, 0.3) is 0 Å². The second-order valence-corrected chi connectivity index (χ2v) is 5.78.